The maximum Gasteiger partial charge on any atom is 0.416 e. The second-order valence-electron chi connectivity index (χ2n) is 3.97. The van der Waals surface area contributed by atoms with E-state index in [2.05, 4.69) is 0 Å². The van der Waals surface area contributed by atoms with Gasteiger partial charge in [0, 0.05) is 5.69 Å². The van der Waals surface area contributed by atoms with Crippen molar-refractivity contribution >= 4 is 5.69 Å². The molecule has 0 heterocycles. The lowest BCUT2D eigenvalue weighted by Gasteiger charge is -2.28. The Morgan fingerprint density at radius 1 is 1.20 bits per heavy atom. The van der Waals surface area contributed by atoms with Gasteiger partial charge in [-0.2, -0.15) is 13.2 Å². The number of hydrogen-bond acceptors (Lipinski definition) is 1. The first-order valence-electron chi connectivity index (χ1n) is 4.95. The van der Waals surface area contributed by atoms with Crippen molar-refractivity contribution in [1.29, 1.82) is 0 Å². The second kappa shape index (κ2) is 3.43. The minimum absolute atomic E-state index is 0.0715. The van der Waals surface area contributed by atoms with Crippen LogP contribution in [0.25, 0.3) is 0 Å². The van der Waals surface area contributed by atoms with Crippen LogP contribution in [0.4, 0.5) is 18.9 Å². The fourth-order valence-electron chi connectivity index (χ4n) is 1.89. The lowest BCUT2D eigenvalue weighted by Crippen LogP contribution is -2.16. The van der Waals surface area contributed by atoms with Crippen molar-refractivity contribution in [3.05, 3.63) is 29.3 Å². The quantitative estimate of drug-likeness (QED) is 0.712. The highest BCUT2D eigenvalue weighted by molar-refractivity contribution is 5.47. The Morgan fingerprint density at radius 2 is 1.87 bits per heavy atom. The van der Waals surface area contributed by atoms with Gasteiger partial charge in [0.2, 0.25) is 0 Å². The SMILES string of the molecule is Nc1ccc(C2CCC2)c(C(F)(F)F)c1. The predicted molar refractivity (Wildman–Crippen MR) is 52.4 cm³/mol. The van der Waals surface area contributed by atoms with Gasteiger partial charge in [-0.1, -0.05) is 12.5 Å². The molecule has 2 N–H and O–H groups in total. The first-order chi connectivity index (χ1) is 6.98. The Balaban J connectivity index is 2.44. The molecule has 1 aliphatic carbocycles. The lowest BCUT2D eigenvalue weighted by atomic mass is 9.78. The molecule has 0 amide bonds. The molecule has 4 heteroatoms. The van der Waals surface area contributed by atoms with Gasteiger partial charge < -0.3 is 5.73 Å². The molecule has 0 aromatic heterocycles. The van der Waals surface area contributed by atoms with Crippen LogP contribution in [-0.2, 0) is 6.18 Å². The van der Waals surface area contributed by atoms with E-state index in [9.17, 15) is 13.2 Å². The van der Waals surface area contributed by atoms with Crippen molar-refractivity contribution in [1.82, 2.24) is 0 Å². The summed E-state index contributed by atoms with van der Waals surface area (Å²) in [5.41, 5.74) is 5.40. The maximum absolute atomic E-state index is 12.7. The fraction of sp³-hybridized carbons (Fsp3) is 0.455. The molecule has 1 aliphatic rings. The smallest absolute Gasteiger partial charge is 0.399 e. The number of nitrogens with two attached hydrogens (primary N) is 1. The lowest BCUT2D eigenvalue weighted by molar-refractivity contribution is -0.138. The molecule has 0 spiro atoms. The van der Waals surface area contributed by atoms with Crippen molar-refractivity contribution in [2.75, 3.05) is 5.73 Å². The van der Waals surface area contributed by atoms with Gasteiger partial charge in [0.05, 0.1) is 5.56 Å². The first-order valence-corrected chi connectivity index (χ1v) is 4.95. The van der Waals surface area contributed by atoms with Crippen LogP contribution >= 0.6 is 0 Å². The summed E-state index contributed by atoms with van der Waals surface area (Å²) in [6, 6.07) is 4.10. The number of benzene rings is 1. The summed E-state index contributed by atoms with van der Waals surface area (Å²) in [5, 5.41) is 0. The van der Waals surface area contributed by atoms with E-state index < -0.39 is 11.7 Å². The molecule has 0 atom stereocenters. The van der Waals surface area contributed by atoms with Crippen molar-refractivity contribution < 1.29 is 13.2 Å². The maximum atomic E-state index is 12.7. The average molecular weight is 215 g/mol. The van der Waals surface area contributed by atoms with Crippen LogP contribution in [0, 0.1) is 0 Å². The average Bonchev–Trinajstić information content (AvgIpc) is 2.03. The third kappa shape index (κ3) is 1.94. The largest absolute Gasteiger partial charge is 0.416 e. The van der Waals surface area contributed by atoms with Gasteiger partial charge in [-0.3, -0.25) is 0 Å². The zero-order chi connectivity index (χ0) is 11.1. The van der Waals surface area contributed by atoms with Gasteiger partial charge in [-0.25, -0.2) is 0 Å². The van der Waals surface area contributed by atoms with Crippen LogP contribution in [0.1, 0.15) is 36.3 Å². The molecule has 0 radical (unpaired) electrons. The second-order valence-corrected chi connectivity index (χ2v) is 3.97. The fourth-order valence-corrected chi connectivity index (χ4v) is 1.89. The summed E-state index contributed by atoms with van der Waals surface area (Å²) < 4.78 is 38.1. The van der Waals surface area contributed by atoms with Crippen LogP contribution in [0.3, 0.4) is 0 Å². The van der Waals surface area contributed by atoms with E-state index in [1.807, 2.05) is 0 Å². The molecule has 0 saturated heterocycles. The Kier molecular flexibility index (Phi) is 2.37. The Bertz CT molecular complexity index is 367. The van der Waals surface area contributed by atoms with Gasteiger partial charge in [0.1, 0.15) is 0 Å². The van der Waals surface area contributed by atoms with Gasteiger partial charge >= 0.3 is 6.18 Å². The third-order valence-corrected chi connectivity index (χ3v) is 2.93. The van der Waals surface area contributed by atoms with Crippen LogP contribution in [0.2, 0.25) is 0 Å². The highest BCUT2D eigenvalue weighted by Crippen LogP contribution is 2.43. The molecular formula is C11H12F3N. The Morgan fingerprint density at radius 3 is 2.33 bits per heavy atom. The zero-order valence-electron chi connectivity index (χ0n) is 8.14. The molecule has 0 aliphatic heterocycles. The van der Waals surface area contributed by atoms with Gasteiger partial charge in [-0.15, -0.1) is 0 Å². The summed E-state index contributed by atoms with van der Waals surface area (Å²) >= 11 is 0. The molecule has 0 unspecified atom stereocenters. The van der Waals surface area contributed by atoms with Crippen molar-refractivity contribution in [2.24, 2.45) is 0 Å². The summed E-state index contributed by atoms with van der Waals surface area (Å²) in [4.78, 5) is 0. The topological polar surface area (TPSA) is 26.0 Å². The van der Waals surface area contributed by atoms with E-state index in [1.54, 1.807) is 6.07 Å². The standard InChI is InChI=1S/C11H12F3N/c12-11(13,14)10-6-8(15)4-5-9(10)7-2-1-3-7/h4-7H,1-3,15H2. The number of halogens is 3. The summed E-state index contributed by atoms with van der Waals surface area (Å²) in [7, 11) is 0. The molecular weight excluding hydrogens is 203 g/mol. The summed E-state index contributed by atoms with van der Waals surface area (Å²) in [5.74, 6) is 0.0715. The van der Waals surface area contributed by atoms with E-state index in [0.717, 1.165) is 25.3 Å². The van der Waals surface area contributed by atoms with Crippen LogP contribution in [0.5, 0.6) is 0 Å². The minimum atomic E-state index is -4.29. The number of hydrogen-bond donors (Lipinski definition) is 1. The van der Waals surface area contributed by atoms with Crippen LogP contribution in [0.15, 0.2) is 18.2 Å². The predicted octanol–water partition coefficient (Wildman–Crippen LogP) is 3.56. The Labute approximate surface area is 86.1 Å². The van der Waals surface area contributed by atoms with Crippen molar-refractivity contribution in [3.63, 3.8) is 0 Å². The number of anilines is 1. The molecule has 1 fully saturated rings. The first kappa shape index (κ1) is 10.3. The van der Waals surface area contributed by atoms with E-state index >= 15 is 0 Å². The monoisotopic (exact) mass is 215 g/mol. The van der Waals surface area contributed by atoms with Gasteiger partial charge in [0.25, 0.3) is 0 Å². The van der Waals surface area contributed by atoms with Gasteiger partial charge in [-0.05, 0) is 36.5 Å². The van der Waals surface area contributed by atoms with Crippen molar-refractivity contribution in [2.45, 2.75) is 31.4 Å². The molecule has 1 nitrogen and oxygen atoms in total. The molecule has 1 saturated carbocycles. The van der Waals surface area contributed by atoms with E-state index in [4.69, 9.17) is 5.73 Å². The summed E-state index contributed by atoms with van der Waals surface area (Å²) in [6.07, 6.45) is -1.56. The molecule has 1 aromatic rings. The molecule has 2 rings (SSSR count). The third-order valence-electron chi connectivity index (χ3n) is 2.93. The Hall–Kier alpha value is -1.19. The number of rotatable bonds is 1. The van der Waals surface area contributed by atoms with E-state index in [1.165, 1.54) is 6.07 Å². The number of nitrogen functional groups attached to an aromatic ring is 1. The molecule has 15 heavy (non-hydrogen) atoms. The molecule has 0 bridgehead atoms. The summed E-state index contributed by atoms with van der Waals surface area (Å²) in [6.45, 7) is 0. The zero-order valence-corrected chi connectivity index (χ0v) is 8.14. The molecule has 1 aromatic carbocycles. The van der Waals surface area contributed by atoms with Crippen LogP contribution < -0.4 is 5.73 Å². The van der Waals surface area contributed by atoms with Crippen molar-refractivity contribution in [3.8, 4) is 0 Å². The van der Waals surface area contributed by atoms with E-state index in [0.29, 0.717) is 5.56 Å². The number of alkyl halides is 3. The molecule has 82 valence electrons. The van der Waals surface area contributed by atoms with E-state index in [-0.39, 0.29) is 11.6 Å². The normalized spacial score (nSPS) is 17.5. The highest BCUT2D eigenvalue weighted by atomic mass is 19.4. The minimum Gasteiger partial charge on any atom is -0.399 e. The highest BCUT2D eigenvalue weighted by Gasteiger charge is 2.36. The van der Waals surface area contributed by atoms with Crippen LogP contribution in [-0.4, -0.2) is 0 Å². The van der Waals surface area contributed by atoms with Gasteiger partial charge in [0.15, 0.2) is 0 Å².